The summed E-state index contributed by atoms with van der Waals surface area (Å²) in [5.41, 5.74) is 0.795. The molecule has 0 spiro atoms. The smallest absolute Gasteiger partial charge is 0.333 e. The van der Waals surface area contributed by atoms with Gasteiger partial charge in [-0.15, -0.1) is 6.58 Å². The minimum absolute atomic E-state index is 0.254. The fourth-order valence-electron chi connectivity index (χ4n) is 1.66. The highest BCUT2D eigenvalue weighted by Crippen LogP contribution is 2.13. The first kappa shape index (κ1) is 21.6. The Morgan fingerprint density at radius 2 is 1.42 bits per heavy atom. The Morgan fingerprint density at radius 1 is 0.917 bits per heavy atom. The Bertz CT molecular complexity index is 512. The lowest BCUT2D eigenvalue weighted by molar-refractivity contribution is -0.138. The first-order valence-electron chi connectivity index (χ1n) is 7.96. The molecule has 132 valence electrons. The van der Waals surface area contributed by atoms with Gasteiger partial charge < -0.3 is 9.47 Å². The van der Waals surface area contributed by atoms with Crippen molar-refractivity contribution >= 4 is 11.9 Å². The molecule has 0 fully saturated rings. The number of rotatable bonds is 12. The van der Waals surface area contributed by atoms with Gasteiger partial charge in [0.1, 0.15) is 13.2 Å². The molecule has 0 aromatic heterocycles. The van der Waals surface area contributed by atoms with Crippen molar-refractivity contribution in [1.29, 1.82) is 0 Å². The Labute approximate surface area is 145 Å². The molecule has 0 aliphatic heterocycles. The number of carbonyl (C=O) groups is 2. The molecule has 0 rings (SSSR count). The van der Waals surface area contributed by atoms with Crippen LogP contribution in [0.15, 0.2) is 61.3 Å². The van der Waals surface area contributed by atoms with Crippen molar-refractivity contribution in [3.63, 3.8) is 0 Å². The van der Waals surface area contributed by atoms with Gasteiger partial charge in [0, 0.05) is 11.1 Å². The number of hydrogen-bond donors (Lipinski definition) is 0. The lowest BCUT2D eigenvalue weighted by Gasteiger charge is -2.07. The number of allylic oxidation sites excluding steroid dienone is 3. The van der Waals surface area contributed by atoms with Crippen molar-refractivity contribution in [3.8, 4) is 0 Å². The largest absolute Gasteiger partial charge is 0.458 e. The summed E-state index contributed by atoms with van der Waals surface area (Å²) in [7, 11) is 0. The van der Waals surface area contributed by atoms with E-state index in [9.17, 15) is 9.59 Å². The van der Waals surface area contributed by atoms with Gasteiger partial charge >= 0.3 is 11.9 Å². The van der Waals surface area contributed by atoms with Crippen LogP contribution in [-0.4, -0.2) is 25.2 Å². The maximum Gasteiger partial charge on any atom is 0.333 e. The maximum absolute atomic E-state index is 11.2. The third-order valence-corrected chi connectivity index (χ3v) is 3.13. The zero-order valence-corrected chi connectivity index (χ0v) is 14.8. The zero-order chi connectivity index (χ0) is 18.4. The van der Waals surface area contributed by atoms with Crippen molar-refractivity contribution < 1.29 is 19.1 Å². The molecule has 0 aromatic carbocycles. The average molecular weight is 332 g/mol. The van der Waals surface area contributed by atoms with E-state index in [-0.39, 0.29) is 25.2 Å². The van der Waals surface area contributed by atoms with E-state index >= 15 is 0 Å². The Kier molecular flexibility index (Phi) is 11.8. The van der Waals surface area contributed by atoms with Crippen LogP contribution in [0.1, 0.15) is 33.1 Å². The van der Waals surface area contributed by atoms with Crippen molar-refractivity contribution in [1.82, 2.24) is 0 Å². The Hall–Kier alpha value is -2.36. The highest BCUT2D eigenvalue weighted by molar-refractivity contribution is 5.87. The summed E-state index contributed by atoms with van der Waals surface area (Å²) in [6, 6.07) is 0. The molecule has 1 atom stereocenters. The van der Waals surface area contributed by atoms with Crippen LogP contribution in [0.2, 0.25) is 0 Å². The van der Waals surface area contributed by atoms with Gasteiger partial charge in [0.2, 0.25) is 0 Å². The summed E-state index contributed by atoms with van der Waals surface area (Å²) >= 11 is 0. The predicted molar refractivity (Wildman–Crippen MR) is 97.4 cm³/mol. The molecule has 0 bridgehead atoms. The lowest BCUT2D eigenvalue weighted by Crippen LogP contribution is -2.04. The average Bonchev–Trinajstić information content (AvgIpc) is 2.54. The van der Waals surface area contributed by atoms with Gasteiger partial charge in [0.15, 0.2) is 0 Å². The molecule has 0 saturated carbocycles. The molecule has 0 N–H and O–H groups in total. The van der Waals surface area contributed by atoms with E-state index in [2.05, 4.69) is 19.7 Å². The second kappa shape index (κ2) is 13.1. The number of carbonyl (C=O) groups excluding carboxylic acids is 2. The third-order valence-electron chi connectivity index (χ3n) is 3.13. The van der Waals surface area contributed by atoms with Crippen LogP contribution in [0.3, 0.4) is 0 Å². The van der Waals surface area contributed by atoms with Gasteiger partial charge in [-0.25, -0.2) is 9.59 Å². The summed E-state index contributed by atoms with van der Waals surface area (Å²) in [6.45, 7) is 14.6. The normalized spacial score (nSPS) is 12.1. The number of hydrogen-bond acceptors (Lipinski definition) is 4. The van der Waals surface area contributed by atoms with Gasteiger partial charge in [-0.3, -0.25) is 0 Å². The fourth-order valence-corrected chi connectivity index (χ4v) is 1.66. The van der Waals surface area contributed by atoms with Crippen molar-refractivity contribution in [2.75, 3.05) is 13.2 Å². The predicted octanol–water partition coefficient (Wildman–Crippen LogP) is 4.31. The van der Waals surface area contributed by atoms with E-state index in [0.717, 1.165) is 19.3 Å². The second-order valence-electron chi connectivity index (χ2n) is 5.51. The minimum atomic E-state index is -0.377. The summed E-state index contributed by atoms with van der Waals surface area (Å²) in [4.78, 5) is 22.4. The lowest BCUT2D eigenvalue weighted by atomic mass is 9.99. The highest BCUT2D eigenvalue weighted by Gasteiger charge is 2.02. The summed E-state index contributed by atoms with van der Waals surface area (Å²) in [5.74, 6) is -0.403. The molecule has 0 aliphatic rings. The van der Waals surface area contributed by atoms with E-state index in [0.29, 0.717) is 17.1 Å². The maximum atomic E-state index is 11.2. The molecule has 0 aliphatic carbocycles. The topological polar surface area (TPSA) is 52.6 Å². The van der Waals surface area contributed by atoms with Crippen LogP contribution in [0, 0.1) is 5.92 Å². The molecular weight excluding hydrogens is 304 g/mol. The number of ether oxygens (including phenoxy) is 2. The first-order valence-corrected chi connectivity index (χ1v) is 7.96. The van der Waals surface area contributed by atoms with Crippen LogP contribution >= 0.6 is 0 Å². The summed E-state index contributed by atoms with van der Waals surface area (Å²) in [5, 5.41) is 0. The first-order chi connectivity index (χ1) is 11.4. The van der Waals surface area contributed by atoms with Crippen molar-refractivity contribution in [2.24, 2.45) is 5.92 Å². The molecule has 0 radical (unpaired) electrons. The minimum Gasteiger partial charge on any atom is -0.458 e. The molecule has 1 unspecified atom stereocenters. The van der Waals surface area contributed by atoms with Gasteiger partial charge in [-0.05, 0) is 39.0 Å². The van der Waals surface area contributed by atoms with Gasteiger partial charge in [-0.2, -0.15) is 0 Å². The van der Waals surface area contributed by atoms with Crippen LogP contribution in [0.4, 0.5) is 0 Å². The third kappa shape index (κ3) is 11.2. The Balaban J connectivity index is 3.89. The Morgan fingerprint density at radius 3 is 1.88 bits per heavy atom. The molecule has 0 heterocycles. The molecule has 4 nitrogen and oxygen atoms in total. The summed E-state index contributed by atoms with van der Waals surface area (Å²) in [6.07, 6.45) is 12.2. The SMILES string of the molecule is C=CC(CC=CCOC(=O)C(=C)C)CCC=CCOC(=O)C(=C)C. The molecule has 0 aromatic rings. The molecule has 4 heteroatoms. The van der Waals surface area contributed by atoms with Gasteiger partial charge in [0.25, 0.3) is 0 Å². The molecule has 0 saturated heterocycles. The monoisotopic (exact) mass is 332 g/mol. The second-order valence-corrected chi connectivity index (χ2v) is 5.51. The standard InChI is InChI=1S/C20H28O4/c1-6-18(13-9-11-15-24-20(22)17(4)5)12-8-7-10-14-23-19(21)16(2)3/h6-7,9-11,18H,1-2,4,8,12-15H2,3,5H3. The van der Waals surface area contributed by atoms with Crippen LogP contribution < -0.4 is 0 Å². The number of esters is 2. The van der Waals surface area contributed by atoms with E-state index in [1.165, 1.54) is 0 Å². The fraction of sp³-hybridized carbons (Fsp3) is 0.400. The van der Waals surface area contributed by atoms with Crippen molar-refractivity contribution in [3.05, 3.63) is 61.3 Å². The van der Waals surface area contributed by atoms with Crippen molar-refractivity contribution in [2.45, 2.75) is 33.1 Å². The molecular formula is C20H28O4. The highest BCUT2D eigenvalue weighted by atomic mass is 16.5. The molecule has 24 heavy (non-hydrogen) atoms. The van der Waals surface area contributed by atoms with Gasteiger partial charge in [-0.1, -0.05) is 43.5 Å². The van der Waals surface area contributed by atoms with E-state index in [4.69, 9.17) is 9.47 Å². The van der Waals surface area contributed by atoms with Crippen LogP contribution in [0.25, 0.3) is 0 Å². The van der Waals surface area contributed by atoms with Gasteiger partial charge in [0.05, 0.1) is 0 Å². The quantitative estimate of drug-likeness (QED) is 0.303. The van der Waals surface area contributed by atoms with E-state index in [1.807, 2.05) is 30.4 Å². The molecule has 0 amide bonds. The van der Waals surface area contributed by atoms with E-state index in [1.54, 1.807) is 13.8 Å². The van der Waals surface area contributed by atoms with Crippen LogP contribution in [0.5, 0.6) is 0 Å². The van der Waals surface area contributed by atoms with Crippen LogP contribution in [-0.2, 0) is 19.1 Å². The zero-order valence-electron chi connectivity index (χ0n) is 14.8. The summed E-state index contributed by atoms with van der Waals surface area (Å²) < 4.78 is 9.93. The van der Waals surface area contributed by atoms with E-state index < -0.39 is 0 Å².